The van der Waals surface area contributed by atoms with E-state index in [9.17, 15) is 0 Å². The van der Waals surface area contributed by atoms with E-state index in [1.165, 1.54) is 31.4 Å². The third kappa shape index (κ3) is 2.48. The Morgan fingerprint density at radius 1 is 1.35 bits per heavy atom. The largest absolute Gasteiger partial charge is 0.384 e. The highest BCUT2D eigenvalue weighted by Crippen LogP contribution is 2.36. The molecule has 2 rings (SSSR count). The summed E-state index contributed by atoms with van der Waals surface area (Å²) in [6.45, 7) is 7.62. The minimum absolute atomic E-state index is 0.619. The van der Waals surface area contributed by atoms with Gasteiger partial charge in [-0.3, -0.25) is 0 Å². The zero-order chi connectivity index (χ0) is 12.4. The van der Waals surface area contributed by atoms with Crippen molar-refractivity contribution >= 4 is 5.82 Å². The third-order valence-electron chi connectivity index (χ3n) is 3.72. The molecule has 1 fully saturated rings. The summed E-state index contributed by atoms with van der Waals surface area (Å²) in [7, 11) is 0. The van der Waals surface area contributed by atoms with Crippen molar-refractivity contribution in [3.63, 3.8) is 0 Å². The number of hydrogen-bond acceptors (Lipinski definition) is 2. The Kier molecular flexibility index (Phi) is 3.75. The number of nitrogens with zero attached hydrogens (tertiary/aromatic N) is 2. The van der Waals surface area contributed by atoms with Crippen molar-refractivity contribution in [1.82, 2.24) is 9.55 Å². The molecule has 1 heterocycles. The van der Waals surface area contributed by atoms with Gasteiger partial charge in [0.25, 0.3) is 0 Å². The average Bonchev–Trinajstić information content (AvgIpc) is 2.88. The van der Waals surface area contributed by atoms with Gasteiger partial charge in [-0.1, -0.05) is 33.6 Å². The zero-order valence-corrected chi connectivity index (χ0v) is 11.4. The second-order valence-corrected chi connectivity index (χ2v) is 5.64. The van der Waals surface area contributed by atoms with Gasteiger partial charge in [-0.05, 0) is 18.8 Å². The summed E-state index contributed by atoms with van der Waals surface area (Å²) in [5, 5.41) is 0. The normalized spacial score (nSPS) is 17.2. The smallest absolute Gasteiger partial charge is 0.127 e. The van der Waals surface area contributed by atoms with Crippen molar-refractivity contribution in [3.05, 3.63) is 11.5 Å². The molecule has 0 saturated heterocycles. The molecule has 0 aliphatic heterocycles. The molecule has 0 aromatic carbocycles. The fourth-order valence-corrected chi connectivity index (χ4v) is 2.87. The molecule has 1 aliphatic rings. The van der Waals surface area contributed by atoms with Crippen LogP contribution in [0.15, 0.2) is 0 Å². The van der Waals surface area contributed by atoms with Crippen molar-refractivity contribution in [2.24, 2.45) is 5.92 Å². The van der Waals surface area contributed by atoms with Crippen LogP contribution in [0.4, 0.5) is 5.82 Å². The average molecular weight is 235 g/mol. The molecule has 3 heteroatoms. The summed E-state index contributed by atoms with van der Waals surface area (Å²) in [6.07, 6.45) is 6.19. The van der Waals surface area contributed by atoms with Crippen LogP contribution in [0.25, 0.3) is 0 Å². The molecular weight excluding hydrogens is 210 g/mol. The lowest BCUT2D eigenvalue weighted by molar-refractivity contribution is 0.513. The minimum atomic E-state index is 0.619. The molecule has 0 spiro atoms. The number of aryl methyl sites for hydroxylation is 1. The topological polar surface area (TPSA) is 43.8 Å². The highest BCUT2D eigenvalue weighted by molar-refractivity contribution is 5.41. The molecule has 0 atom stereocenters. The van der Waals surface area contributed by atoms with Crippen LogP contribution in [0.1, 0.15) is 63.9 Å². The zero-order valence-electron chi connectivity index (χ0n) is 11.4. The number of nitrogen functional groups attached to an aromatic ring is 1. The summed E-state index contributed by atoms with van der Waals surface area (Å²) in [4.78, 5) is 4.80. The Labute approximate surface area is 104 Å². The Morgan fingerprint density at radius 3 is 2.53 bits per heavy atom. The highest BCUT2D eigenvalue weighted by atomic mass is 15.1. The lowest BCUT2D eigenvalue weighted by Crippen LogP contribution is -2.11. The fraction of sp³-hybridized carbons (Fsp3) is 0.786. The number of anilines is 1. The van der Waals surface area contributed by atoms with E-state index in [4.69, 9.17) is 10.7 Å². The van der Waals surface area contributed by atoms with E-state index in [1.54, 1.807) is 0 Å². The molecule has 96 valence electrons. The van der Waals surface area contributed by atoms with Crippen LogP contribution in [0.5, 0.6) is 0 Å². The first-order valence-corrected chi connectivity index (χ1v) is 6.98. The van der Waals surface area contributed by atoms with Crippen molar-refractivity contribution in [1.29, 1.82) is 0 Å². The quantitative estimate of drug-likeness (QED) is 0.869. The Bertz CT molecular complexity index is 373. The summed E-state index contributed by atoms with van der Waals surface area (Å²) in [6, 6.07) is 0. The van der Waals surface area contributed by atoms with E-state index < -0.39 is 0 Å². The first kappa shape index (κ1) is 12.5. The Balaban J connectivity index is 2.30. The summed E-state index contributed by atoms with van der Waals surface area (Å²) in [5.74, 6) is 3.34. The second-order valence-electron chi connectivity index (χ2n) is 5.64. The minimum Gasteiger partial charge on any atom is -0.384 e. The van der Waals surface area contributed by atoms with Crippen LogP contribution in [-0.2, 0) is 13.0 Å². The van der Waals surface area contributed by atoms with Gasteiger partial charge in [0, 0.05) is 18.9 Å². The number of imidazole rings is 1. The highest BCUT2D eigenvalue weighted by Gasteiger charge is 2.24. The van der Waals surface area contributed by atoms with Crippen molar-refractivity contribution < 1.29 is 0 Å². The monoisotopic (exact) mass is 235 g/mol. The van der Waals surface area contributed by atoms with Crippen LogP contribution in [-0.4, -0.2) is 9.55 Å². The van der Waals surface area contributed by atoms with Crippen LogP contribution in [0.3, 0.4) is 0 Å². The molecule has 0 radical (unpaired) electrons. The lowest BCUT2D eigenvalue weighted by Gasteiger charge is -2.12. The summed E-state index contributed by atoms with van der Waals surface area (Å²) >= 11 is 0. The third-order valence-corrected chi connectivity index (χ3v) is 3.72. The Morgan fingerprint density at radius 2 is 2.00 bits per heavy atom. The van der Waals surface area contributed by atoms with Crippen LogP contribution >= 0.6 is 0 Å². The summed E-state index contributed by atoms with van der Waals surface area (Å²) < 4.78 is 2.23. The molecule has 1 aromatic rings. The fourth-order valence-electron chi connectivity index (χ4n) is 2.87. The second kappa shape index (κ2) is 5.11. The van der Waals surface area contributed by atoms with Crippen LogP contribution in [0, 0.1) is 5.92 Å². The van der Waals surface area contributed by atoms with E-state index in [0.29, 0.717) is 11.8 Å². The molecule has 3 nitrogen and oxygen atoms in total. The van der Waals surface area contributed by atoms with Crippen molar-refractivity contribution in [3.8, 4) is 0 Å². The molecular formula is C14H25N3. The SMILES string of the molecule is CCc1nc(C2CCCC2)c(N)n1CC(C)C. The molecule has 1 aromatic heterocycles. The van der Waals surface area contributed by atoms with Gasteiger partial charge in [-0.2, -0.15) is 0 Å². The van der Waals surface area contributed by atoms with E-state index in [-0.39, 0.29) is 0 Å². The van der Waals surface area contributed by atoms with E-state index in [2.05, 4.69) is 25.3 Å². The van der Waals surface area contributed by atoms with E-state index in [0.717, 1.165) is 24.6 Å². The van der Waals surface area contributed by atoms with Gasteiger partial charge in [0.1, 0.15) is 11.6 Å². The van der Waals surface area contributed by atoms with Crippen molar-refractivity contribution in [2.45, 2.75) is 65.3 Å². The van der Waals surface area contributed by atoms with Gasteiger partial charge in [0.05, 0.1) is 5.69 Å². The lowest BCUT2D eigenvalue weighted by atomic mass is 10.0. The van der Waals surface area contributed by atoms with E-state index in [1.807, 2.05) is 0 Å². The van der Waals surface area contributed by atoms with Crippen molar-refractivity contribution in [2.75, 3.05) is 5.73 Å². The number of rotatable bonds is 4. The predicted octanol–water partition coefficient (Wildman–Crippen LogP) is 3.34. The maximum Gasteiger partial charge on any atom is 0.127 e. The number of hydrogen-bond donors (Lipinski definition) is 1. The van der Waals surface area contributed by atoms with Gasteiger partial charge < -0.3 is 10.3 Å². The van der Waals surface area contributed by atoms with Gasteiger partial charge in [0.15, 0.2) is 0 Å². The number of nitrogens with two attached hydrogens (primary N) is 1. The molecule has 0 unspecified atom stereocenters. The van der Waals surface area contributed by atoms with Gasteiger partial charge in [0.2, 0.25) is 0 Å². The van der Waals surface area contributed by atoms with Crippen LogP contribution in [0.2, 0.25) is 0 Å². The molecule has 2 N–H and O–H groups in total. The molecule has 1 aliphatic carbocycles. The summed E-state index contributed by atoms with van der Waals surface area (Å²) in [5.41, 5.74) is 7.49. The van der Waals surface area contributed by atoms with Gasteiger partial charge in [-0.15, -0.1) is 0 Å². The van der Waals surface area contributed by atoms with Crippen LogP contribution < -0.4 is 5.73 Å². The maximum absolute atomic E-state index is 6.31. The predicted molar refractivity (Wildman–Crippen MR) is 72.1 cm³/mol. The molecule has 0 amide bonds. The standard InChI is InChI=1S/C14H25N3/c1-4-12-16-13(11-7-5-6-8-11)14(15)17(12)9-10(2)3/h10-11H,4-9,15H2,1-3H3. The molecule has 0 bridgehead atoms. The molecule has 17 heavy (non-hydrogen) atoms. The van der Waals surface area contributed by atoms with Gasteiger partial charge in [-0.25, -0.2) is 4.98 Å². The van der Waals surface area contributed by atoms with Gasteiger partial charge >= 0.3 is 0 Å². The Hall–Kier alpha value is -0.990. The first-order chi connectivity index (χ1) is 8.13. The first-order valence-electron chi connectivity index (χ1n) is 6.98. The maximum atomic E-state index is 6.31. The number of aromatic nitrogens is 2. The van der Waals surface area contributed by atoms with E-state index >= 15 is 0 Å². The molecule has 1 saturated carbocycles.